The second-order valence-corrected chi connectivity index (χ2v) is 4.10. The lowest BCUT2D eigenvalue weighted by Gasteiger charge is -2.11. The number of unbranched alkanes of at least 4 members (excludes halogenated alkanes) is 1. The van der Waals surface area contributed by atoms with Crippen molar-refractivity contribution in [1.29, 1.82) is 0 Å². The summed E-state index contributed by atoms with van der Waals surface area (Å²) in [4.78, 5) is 11.9. The Kier molecular flexibility index (Phi) is 4.62. The largest absolute Gasteiger partial charge is 0.321 e. The minimum absolute atomic E-state index is 0.114. The zero-order valence-electron chi connectivity index (χ0n) is 9.79. The van der Waals surface area contributed by atoms with Gasteiger partial charge >= 0.3 is 0 Å². The quantitative estimate of drug-likeness (QED) is 0.780. The number of benzene rings is 1. The van der Waals surface area contributed by atoms with Crippen LogP contribution in [0.3, 0.4) is 0 Å². The van der Waals surface area contributed by atoms with Gasteiger partial charge in [0.15, 0.2) is 5.78 Å². The Labute approximate surface area is 95.7 Å². The Morgan fingerprint density at radius 2 is 2.19 bits per heavy atom. The van der Waals surface area contributed by atoms with Crippen molar-refractivity contribution in [3.05, 3.63) is 35.1 Å². The molecule has 0 radical (unpaired) electrons. The van der Waals surface area contributed by atoms with Crippen LogP contribution in [-0.2, 0) is 0 Å². The maximum atomic E-state index is 13.4. The molecular weight excluding hydrogens is 205 g/mol. The van der Waals surface area contributed by atoms with Gasteiger partial charge in [-0.3, -0.25) is 4.79 Å². The Morgan fingerprint density at radius 3 is 2.81 bits per heavy atom. The van der Waals surface area contributed by atoms with Crippen molar-refractivity contribution in [2.75, 3.05) is 0 Å². The first-order chi connectivity index (χ1) is 7.56. The normalized spacial score (nSPS) is 12.5. The van der Waals surface area contributed by atoms with Gasteiger partial charge in [0.05, 0.1) is 11.6 Å². The number of carbonyl (C=O) groups excluding carboxylic acids is 1. The highest BCUT2D eigenvalue weighted by Crippen LogP contribution is 2.13. The van der Waals surface area contributed by atoms with Crippen molar-refractivity contribution < 1.29 is 9.18 Å². The third-order valence-corrected chi connectivity index (χ3v) is 2.59. The second-order valence-electron chi connectivity index (χ2n) is 4.10. The Morgan fingerprint density at radius 1 is 1.50 bits per heavy atom. The third-order valence-electron chi connectivity index (χ3n) is 2.59. The van der Waals surface area contributed by atoms with E-state index in [1.54, 1.807) is 12.1 Å². The molecular formula is C13H18FNO. The fourth-order valence-corrected chi connectivity index (χ4v) is 1.58. The molecule has 88 valence electrons. The standard InChI is InChI=1S/C13H18FNO/c1-3-4-5-12(15)13(16)10-8-9(2)6-7-11(10)14/h6-8,12H,3-5,15H2,1-2H3. The van der Waals surface area contributed by atoms with Crippen LogP contribution >= 0.6 is 0 Å². The van der Waals surface area contributed by atoms with Crippen LogP contribution in [0.1, 0.15) is 42.1 Å². The molecule has 1 atom stereocenters. The number of aryl methyl sites for hydroxylation is 1. The van der Waals surface area contributed by atoms with Crippen molar-refractivity contribution >= 4 is 5.78 Å². The summed E-state index contributed by atoms with van der Waals surface area (Å²) in [5.41, 5.74) is 6.72. The van der Waals surface area contributed by atoms with E-state index in [2.05, 4.69) is 0 Å². The summed E-state index contributed by atoms with van der Waals surface area (Å²) in [7, 11) is 0. The summed E-state index contributed by atoms with van der Waals surface area (Å²) >= 11 is 0. The first-order valence-electron chi connectivity index (χ1n) is 5.62. The van der Waals surface area contributed by atoms with Crippen LogP contribution < -0.4 is 5.73 Å². The summed E-state index contributed by atoms with van der Waals surface area (Å²) in [6.45, 7) is 3.86. The second kappa shape index (κ2) is 5.75. The first-order valence-corrected chi connectivity index (χ1v) is 5.62. The summed E-state index contributed by atoms with van der Waals surface area (Å²) < 4.78 is 13.4. The maximum Gasteiger partial charge on any atom is 0.182 e. The van der Waals surface area contributed by atoms with E-state index in [4.69, 9.17) is 5.73 Å². The summed E-state index contributed by atoms with van der Waals surface area (Å²) in [6, 6.07) is 3.93. The van der Waals surface area contributed by atoms with E-state index < -0.39 is 11.9 Å². The minimum Gasteiger partial charge on any atom is -0.321 e. The lowest BCUT2D eigenvalue weighted by Crippen LogP contribution is -2.31. The smallest absolute Gasteiger partial charge is 0.182 e. The van der Waals surface area contributed by atoms with Crippen molar-refractivity contribution in [1.82, 2.24) is 0 Å². The number of hydrogen-bond donors (Lipinski definition) is 1. The van der Waals surface area contributed by atoms with E-state index in [1.807, 2.05) is 13.8 Å². The van der Waals surface area contributed by atoms with Crippen molar-refractivity contribution in [3.63, 3.8) is 0 Å². The van der Waals surface area contributed by atoms with E-state index in [1.165, 1.54) is 6.07 Å². The number of rotatable bonds is 5. The Balaban J connectivity index is 2.83. The first kappa shape index (κ1) is 12.8. The van der Waals surface area contributed by atoms with Gasteiger partial charge in [0, 0.05) is 0 Å². The molecule has 0 amide bonds. The summed E-state index contributed by atoms with van der Waals surface area (Å²) in [6.07, 6.45) is 2.49. The van der Waals surface area contributed by atoms with E-state index in [0.717, 1.165) is 18.4 Å². The van der Waals surface area contributed by atoms with Gasteiger partial charge in [-0.15, -0.1) is 0 Å². The number of halogens is 1. The molecule has 1 aromatic carbocycles. The summed E-state index contributed by atoms with van der Waals surface area (Å²) in [5.74, 6) is -0.780. The highest BCUT2D eigenvalue weighted by atomic mass is 19.1. The average Bonchev–Trinajstić information content (AvgIpc) is 2.28. The van der Waals surface area contributed by atoms with Crippen LogP contribution in [0.2, 0.25) is 0 Å². The van der Waals surface area contributed by atoms with E-state index in [9.17, 15) is 9.18 Å². The number of carbonyl (C=O) groups is 1. The molecule has 1 unspecified atom stereocenters. The molecule has 1 rings (SSSR count). The Hall–Kier alpha value is -1.22. The summed E-state index contributed by atoms with van der Waals surface area (Å²) in [5, 5.41) is 0. The lowest BCUT2D eigenvalue weighted by molar-refractivity contribution is 0.0952. The molecule has 0 heterocycles. The van der Waals surface area contributed by atoms with Crippen molar-refractivity contribution in [2.45, 2.75) is 39.2 Å². The van der Waals surface area contributed by atoms with Crippen LogP contribution in [0.25, 0.3) is 0 Å². The molecule has 1 aromatic rings. The van der Waals surface area contributed by atoms with Crippen molar-refractivity contribution in [3.8, 4) is 0 Å². The molecule has 16 heavy (non-hydrogen) atoms. The fourth-order valence-electron chi connectivity index (χ4n) is 1.58. The van der Waals surface area contributed by atoms with Gasteiger partial charge < -0.3 is 5.73 Å². The molecule has 0 fully saturated rings. The van der Waals surface area contributed by atoms with E-state index >= 15 is 0 Å². The van der Waals surface area contributed by atoms with Gasteiger partial charge in [0.1, 0.15) is 5.82 Å². The topological polar surface area (TPSA) is 43.1 Å². The monoisotopic (exact) mass is 223 g/mol. The number of nitrogens with two attached hydrogens (primary N) is 1. The number of ketones is 1. The molecule has 0 spiro atoms. The van der Waals surface area contributed by atoms with Crippen LogP contribution in [0.5, 0.6) is 0 Å². The molecule has 0 aliphatic carbocycles. The fraction of sp³-hybridized carbons (Fsp3) is 0.462. The average molecular weight is 223 g/mol. The van der Waals surface area contributed by atoms with Crippen LogP contribution in [-0.4, -0.2) is 11.8 Å². The van der Waals surface area contributed by atoms with Gasteiger partial charge in [0.2, 0.25) is 0 Å². The lowest BCUT2D eigenvalue weighted by atomic mass is 9.98. The molecule has 0 bridgehead atoms. The minimum atomic E-state index is -0.587. The zero-order valence-corrected chi connectivity index (χ0v) is 9.79. The molecule has 0 aliphatic heterocycles. The highest BCUT2D eigenvalue weighted by molar-refractivity contribution is 6.00. The third kappa shape index (κ3) is 3.14. The van der Waals surface area contributed by atoms with Gasteiger partial charge in [-0.1, -0.05) is 31.4 Å². The van der Waals surface area contributed by atoms with Gasteiger partial charge in [-0.25, -0.2) is 4.39 Å². The van der Waals surface area contributed by atoms with Crippen LogP contribution in [0.15, 0.2) is 18.2 Å². The highest BCUT2D eigenvalue weighted by Gasteiger charge is 2.18. The van der Waals surface area contributed by atoms with E-state index in [-0.39, 0.29) is 11.3 Å². The SMILES string of the molecule is CCCCC(N)C(=O)c1cc(C)ccc1F. The van der Waals surface area contributed by atoms with Gasteiger partial charge in [-0.2, -0.15) is 0 Å². The number of hydrogen-bond acceptors (Lipinski definition) is 2. The molecule has 0 saturated carbocycles. The van der Waals surface area contributed by atoms with Crippen LogP contribution in [0.4, 0.5) is 4.39 Å². The van der Waals surface area contributed by atoms with Gasteiger partial charge in [-0.05, 0) is 25.5 Å². The molecule has 0 aromatic heterocycles. The van der Waals surface area contributed by atoms with Crippen LogP contribution in [0, 0.1) is 12.7 Å². The molecule has 2 N–H and O–H groups in total. The van der Waals surface area contributed by atoms with Crippen molar-refractivity contribution in [2.24, 2.45) is 5.73 Å². The zero-order chi connectivity index (χ0) is 12.1. The van der Waals surface area contributed by atoms with E-state index in [0.29, 0.717) is 6.42 Å². The van der Waals surface area contributed by atoms with Gasteiger partial charge in [0.25, 0.3) is 0 Å². The molecule has 0 saturated heterocycles. The number of Topliss-reactive ketones (excluding diaryl/α,β-unsaturated/α-hetero) is 1. The molecule has 2 nitrogen and oxygen atoms in total. The predicted molar refractivity (Wildman–Crippen MR) is 63.0 cm³/mol. The maximum absolute atomic E-state index is 13.4. The molecule has 0 aliphatic rings. The Bertz CT molecular complexity index is 376. The molecule has 3 heteroatoms. The predicted octanol–water partition coefficient (Wildman–Crippen LogP) is 2.83.